The summed E-state index contributed by atoms with van der Waals surface area (Å²) in [6, 6.07) is 0.338. The van der Waals surface area contributed by atoms with Crippen LogP contribution in [0.3, 0.4) is 0 Å². The Morgan fingerprint density at radius 3 is 2.94 bits per heavy atom. The summed E-state index contributed by atoms with van der Waals surface area (Å²) in [5.41, 5.74) is 0. The van der Waals surface area contributed by atoms with Crippen molar-refractivity contribution in [2.24, 2.45) is 5.92 Å². The molecule has 1 saturated carbocycles. The molecule has 0 aromatic carbocycles. The van der Waals surface area contributed by atoms with Crippen LogP contribution in [0.1, 0.15) is 32.6 Å². The van der Waals surface area contributed by atoms with Crippen LogP contribution in [-0.2, 0) is 9.53 Å². The first-order valence-electron chi connectivity index (χ1n) is 6.42. The highest BCUT2D eigenvalue weighted by Crippen LogP contribution is 2.34. The third-order valence-corrected chi connectivity index (χ3v) is 3.37. The lowest BCUT2D eigenvalue weighted by molar-refractivity contribution is -0.135. The van der Waals surface area contributed by atoms with Gasteiger partial charge in [0.15, 0.2) is 0 Å². The second kappa shape index (κ2) is 5.64. The van der Waals surface area contributed by atoms with Gasteiger partial charge in [0.05, 0.1) is 6.61 Å². The lowest BCUT2D eigenvalue weighted by Gasteiger charge is -2.25. The topological polar surface area (TPSA) is 50.4 Å². The Hall–Kier alpha value is -0.610. The quantitative estimate of drug-likeness (QED) is 0.724. The van der Waals surface area contributed by atoms with Crippen LogP contribution < -0.4 is 10.6 Å². The van der Waals surface area contributed by atoms with Crippen LogP contribution in [0.15, 0.2) is 0 Å². The molecule has 1 amide bonds. The fraction of sp³-hybridized carbons (Fsp3) is 0.917. The molecule has 4 heteroatoms. The van der Waals surface area contributed by atoms with E-state index >= 15 is 0 Å². The standard InChI is InChI=1S/C12H22N2O2/c1-2-10(7-9-3-4-9)14-12(15)11-8-13-5-6-16-11/h9-11,13H,2-8H2,1H3,(H,14,15). The van der Waals surface area contributed by atoms with Crippen molar-refractivity contribution in [1.29, 1.82) is 0 Å². The highest BCUT2D eigenvalue weighted by atomic mass is 16.5. The van der Waals surface area contributed by atoms with Crippen molar-refractivity contribution in [3.8, 4) is 0 Å². The summed E-state index contributed by atoms with van der Waals surface area (Å²) in [7, 11) is 0. The first kappa shape index (κ1) is 11.9. The van der Waals surface area contributed by atoms with E-state index in [4.69, 9.17) is 4.74 Å². The van der Waals surface area contributed by atoms with Crippen LogP contribution in [0.25, 0.3) is 0 Å². The monoisotopic (exact) mass is 226 g/mol. The minimum absolute atomic E-state index is 0.0553. The summed E-state index contributed by atoms with van der Waals surface area (Å²) < 4.78 is 5.43. The Morgan fingerprint density at radius 1 is 1.56 bits per heavy atom. The molecule has 2 fully saturated rings. The summed E-state index contributed by atoms with van der Waals surface area (Å²) >= 11 is 0. The van der Waals surface area contributed by atoms with E-state index in [0.717, 1.165) is 25.3 Å². The van der Waals surface area contributed by atoms with Crippen LogP contribution >= 0.6 is 0 Å². The third-order valence-electron chi connectivity index (χ3n) is 3.37. The van der Waals surface area contributed by atoms with E-state index in [1.807, 2.05) is 0 Å². The number of hydrogen-bond donors (Lipinski definition) is 2. The van der Waals surface area contributed by atoms with Gasteiger partial charge in [-0.1, -0.05) is 19.8 Å². The lowest BCUT2D eigenvalue weighted by atomic mass is 10.1. The summed E-state index contributed by atoms with van der Waals surface area (Å²) in [5, 5.41) is 6.28. The predicted octanol–water partition coefficient (Wildman–Crippen LogP) is 0.670. The normalized spacial score (nSPS) is 27.4. The lowest BCUT2D eigenvalue weighted by Crippen LogP contribution is -2.50. The molecule has 2 N–H and O–H groups in total. The fourth-order valence-corrected chi connectivity index (χ4v) is 2.11. The average Bonchev–Trinajstić information content (AvgIpc) is 3.13. The van der Waals surface area contributed by atoms with E-state index in [-0.39, 0.29) is 12.0 Å². The number of nitrogens with one attached hydrogen (secondary N) is 2. The van der Waals surface area contributed by atoms with Crippen LogP contribution in [0, 0.1) is 5.92 Å². The number of rotatable bonds is 5. The van der Waals surface area contributed by atoms with E-state index < -0.39 is 0 Å². The highest BCUT2D eigenvalue weighted by Gasteiger charge is 2.28. The zero-order valence-corrected chi connectivity index (χ0v) is 10.00. The second-order valence-corrected chi connectivity index (χ2v) is 4.86. The van der Waals surface area contributed by atoms with Gasteiger partial charge in [0, 0.05) is 19.1 Å². The Balaban J connectivity index is 1.74. The molecule has 1 aliphatic carbocycles. The molecule has 2 aliphatic rings. The second-order valence-electron chi connectivity index (χ2n) is 4.86. The number of carbonyl (C=O) groups is 1. The SMILES string of the molecule is CCC(CC1CC1)NC(=O)C1CNCCO1. The van der Waals surface area contributed by atoms with Crippen molar-refractivity contribution < 1.29 is 9.53 Å². The first-order chi connectivity index (χ1) is 7.79. The number of hydrogen-bond acceptors (Lipinski definition) is 3. The molecular weight excluding hydrogens is 204 g/mol. The van der Waals surface area contributed by atoms with Gasteiger partial charge in [-0.3, -0.25) is 4.79 Å². The zero-order valence-electron chi connectivity index (χ0n) is 10.00. The predicted molar refractivity (Wildman–Crippen MR) is 62.2 cm³/mol. The van der Waals surface area contributed by atoms with Gasteiger partial charge >= 0.3 is 0 Å². The van der Waals surface area contributed by atoms with Gasteiger partial charge in [0.2, 0.25) is 0 Å². The molecule has 16 heavy (non-hydrogen) atoms. The summed E-state index contributed by atoms with van der Waals surface area (Å²) in [6.45, 7) is 4.26. The molecule has 2 rings (SSSR count). The summed E-state index contributed by atoms with van der Waals surface area (Å²) in [5.74, 6) is 0.912. The molecule has 0 spiro atoms. The minimum Gasteiger partial charge on any atom is -0.366 e. The molecule has 1 heterocycles. The first-order valence-corrected chi connectivity index (χ1v) is 6.42. The highest BCUT2D eigenvalue weighted by molar-refractivity contribution is 5.81. The van der Waals surface area contributed by atoms with Crippen molar-refractivity contribution in [3.05, 3.63) is 0 Å². The molecule has 0 bridgehead atoms. The molecule has 0 aromatic rings. The van der Waals surface area contributed by atoms with Gasteiger partial charge in [-0.15, -0.1) is 0 Å². The molecule has 4 nitrogen and oxygen atoms in total. The Labute approximate surface area is 97.1 Å². The molecule has 2 atom stereocenters. The van der Waals surface area contributed by atoms with E-state index in [1.165, 1.54) is 12.8 Å². The van der Waals surface area contributed by atoms with Crippen molar-refractivity contribution in [1.82, 2.24) is 10.6 Å². The molecule has 1 aliphatic heterocycles. The maximum absolute atomic E-state index is 11.9. The number of carbonyl (C=O) groups excluding carboxylic acids is 1. The number of amides is 1. The molecule has 0 radical (unpaired) electrons. The molecule has 0 aromatic heterocycles. The van der Waals surface area contributed by atoms with Crippen molar-refractivity contribution >= 4 is 5.91 Å². The van der Waals surface area contributed by atoms with Crippen LogP contribution in [0.5, 0.6) is 0 Å². The van der Waals surface area contributed by atoms with E-state index in [2.05, 4.69) is 17.6 Å². The Kier molecular flexibility index (Phi) is 4.18. The molecule has 92 valence electrons. The summed E-state index contributed by atoms with van der Waals surface area (Å²) in [4.78, 5) is 11.9. The van der Waals surface area contributed by atoms with Crippen molar-refractivity contribution in [2.45, 2.75) is 44.8 Å². The van der Waals surface area contributed by atoms with Gasteiger partial charge in [0.25, 0.3) is 5.91 Å². The molecule has 2 unspecified atom stereocenters. The maximum atomic E-state index is 11.9. The van der Waals surface area contributed by atoms with Crippen LogP contribution in [0.4, 0.5) is 0 Å². The van der Waals surface area contributed by atoms with E-state index in [0.29, 0.717) is 19.2 Å². The van der Waals surface area contributed by atoms with Gasteiger partial charge < -0.3 is 15.4 Å². The van der Waals surface area contributed by atoms with Gasteiger partial charge in [-0.2, -0.15) is 0 Å². The Morgan fingerprint density at radius 2 is 2.38 bits per heavy atom. The Bertz CT molecular complexity index is 235. The molecule has 1 saturated heterocycles. The molecular formula is C12H22N2O2. The van der Waals surface area contributed by atoms with E-state index in [1.54, 1.807) is 0 Å². The van der Waals surface area contributed by atoms with Crippen molar-refractivity contribution in [2.75, 3.05) is 19.7 Å². The third kappa shape index (κ3) is 3.46. The fourth-order valence-electron chi connectivity index (χ4n) is 2.11. The summed E-state index contributed by atoms with van der Waals surface area (Å²) in [6.07, 6.45) is 4.55. The zero-order chi connectivity index (χ0) is 11.4. The number of ether oxygens (including phenoxy) is 1. The van der Waals surface area contributed by atoms with E-state index in [9.17, 15) is 4.79 Å². The average molecular weight is 226 g/mol. The minimum atomic E-state index is -0.290. The number of morpholine rings is 1. The van der Waals surface area contributed by atoms with Gasteiger partial charge in [-0.25, -0.2) is 0 Å². The smallest absolute Gasteiger partial charge is 0.250 e. The van der Waals surface area contributed by atoms with Crippen LogP contribution in [0.2, 0.25) is 0 Å². The van der Waals surface area contributed by atoms with Gasteiger partial charge in [-0.05, 0) is 18.8 Å². The van der Waals surface area contributed by atoms with Crippen molar-refractivity contribution in [3.63, 3.8) is 0 Å². The van der Waals surface area contributed by atoms with Gasteiger partial charge in [0.1, 0.15) is 6.10 Å². The largest absolute Gasteiger partial charge is 0.366 e. The van der Waals surface area contributed by atoms with Crippen LogP contribution in [-0.4, -0.2) is 37.7 Å². The maximum Gasteiger partial charge on any atom is 0.250 e.